The Kier molecular flexibility index (Phi) is 8.30. The molecule has 236 valence electrons. The Morgan fingerprint density at radius 2 is 1.53 bits per heavy atom. The maximum atomic E-state index is 15.4. The second kappa shape index (κ2) is 12.1. The molecule has 1 aromatic heterocycles. The molecule has 0 bridgehead atoms. The van der Waals surface area contributed by atoms with Crippen LogP contribution in [0.1, 0.15) is 37.2 Å². The number of carbonyl (C=O) groups is 1. The van der Waals surface area contributed by atoms with Gasteiger partial charge in [-0.15, -0.1) is 0 Å². The van der Waals surface area contributed by atoms with Crippen LogP contribution in [-0.2, 0) is 14.6 Å². The van der Waals surface area contributed by atoms with E-state index in [0.29, 0.717) is 52.9 Å². The van der Waals surface area contributed by atoms with E-state index in [1.165, 1.54) is 18.4 Å². The molecule has 2 fully saturated rings. The lowest BCUT2D eigenvalue weighted by molar-refractivity contribution is 0.177. The zero-order chi connectivity index (χ0) is 32.0. The fourth-order valence-corrected chi connectivity index (χ4v) is 7.90. The maximum Gasteiger partial charge on any atom is 0.407 e. The van der Waals surface area contributed by atoms with Gasteiger partial charge in [-0.25, -0.2) is 17.6 Å². The van der Waals surface area contributed by atoms with Crippen molar-refractivity contribution < 1.29 is 22.3 Å². The number of hydrogen-bond donors (Lipinski definition) is 1. The monoisotopic (exact) mass is 650 g/mol. The number of cyclic esters (lactones) is 1. The number of carbonyl (C=O) groups excluding carboxylic acids is 1. The molecule has 3 heterocycles. The van der Waals surface area contributed by atoms with Crippen molar-refractivity contribution in [3.8, 4) is 22.4 Å². The Labute approximate surface area is 268 Å². The summed E-state index contributed by atoms with van der Waals surface area (Å²) in [6, 6.07) is 20.0. The molecule has 3 aromatic carbocycles. The summed E-state index contributed by atoms with van der Waals surface area (Å²) in [5.41, 5.74) is 5.90. The van der Waals surface area contributed by atoms with E-state index < -0.39 is 21.7 Å². The van der Waals surface area contributed by atoms with E-state index in [0.717, 1.165) is 29.9 Å². The Morgan fingerprint density at radius 1 is 0.911 bits per heavy atom. The number of piperazine rings is 1. The maximum absolute atomic E-state index is 15.4. The van der Waals surface area contributed by atoms with Gasteiger partial charge < -0.3 is 24.4 Å². The largest absolute Gasteiger partial charge is 0.447 e. The first-order chi connectivity index (χ1) is 21.4. The van der Waals surface area contributed by atoms with Crippen molar-refractivity contribution in [2.75, 3.05) is 48.8 Å². The molecular formula is C34H36ClFN4O4S. The number of aromatic nitrogens is 1. The molecule has 1 unspecified atom stereocenters. The highest BCUT2D eigenvalue weighted by Crippen LogP contribution is 2.44. The van der Waals surface area contributed by atoms with Gasteiger partial charge in [-0.3, -0.25) is 0 Å². The SMILES string of the molecule is Cc1c(S(C)(=O)=O)c(-c2cc(F)cc(N3CCN(c4ccc(C5COC(=O)N5)cc4)CC3)c2)c(-c2ccc(Cl)cc2)n1C(C)C. The average molecular weight is 651 g/mol. The quantitative estimate of drug-likeness (QED) is 0.232. The van der Waals surface area contributed by atoms with Crippen molar-refractivity contribution in [1.29, 1.82) is 0 Å². The van der Waals surface area contributed by atoms with Crippen LogP contribution in [0.2, 0.25) is 5.02 Å². The first kappa shape index (κ1) is 31.0. The summed E-state index contributed by atoms with van der Waals surface area (Å²) in [6.45, 7) is 8.91. The number of amides is 1. The molecular weight excluding hydrogens is 615 g/mol. The summed E-state index contributed by atoms with van der Waals surface area (Å²) >= 11 is 6.20. The molecule has 0 spiro atoms. The van der Waals surface area contributed by atoms with Crippen LogP contribution in [0.5, 0.6) is 0 Å². The van der Waals surface area contributed by atoms with E-state index >= 15 is 4.39 Å². The standard InChI is InChI=1S/C34H36ClFN4O4S/c1-21(2)40-22(3)33(45(4,42)43)31(32(40)24-5-9-26(35)10-6-24)25-17-27(36)19-29(18-25)39-15-13-38(14-16-39)28-11-7-23(8-12-28)30-20-44-34(41)37-30/h5-12,17-19,21,30H,13-16,20H2,1-4H3,(H,37,41). The van der Waals surface area contributed by atoms with E-state index in [4.69, 9.17) is 16.3 Å². The number of rotatable bonds is 7. The average Bonchev–Trinajstić information content (AvgIpc) is 3.58. The second-order valence-electron chi connectivity index (χ2n) is 11.9. The van der Waals surface area contributed by atoms with Gasteiger partial charge >= 0.3 is 6.09 Å². The molecule has 1 N–H and O–H groups in total. The minimum Gasteiger partial charge on any atom is -0.447 e. The van der Waals surface area contributed by atoms with E-state index in [-0.39, 0.29) is 17.0 Å². The number of benzene rings is 3. The van der Waals surface area contributed by atoms with Gasteiger partial charge in [0.05, 0.1) is 16.6 Å². The lowest BCUT2D eigenvalue weighted by atomic mass is 9.99. The summed E-state index contributed by atoms with van der Waals surface area (Å²) < 4.78 is 49.1. The van der Waals surface area contributed by atoms with Gasteiger partial charge in [0.15, 0.2) is 9.84 Å². The first-order valence-corrected chi connectivity index (χ1v) is 17.2. The molecule has 0 radical (unpaired) electrons. The Hall–Kier alpha value is -4.02. The van der Waals surface area contributed by atoms with Crippen molar-refractivity contribution in [3.63, 3.8) is 0 Å². The number of nitrogens with zero attached hydrogens (tertiary/aromatic N) is 3. The van der Waals surface area contributed by atoms with Gasteiger partial charge in [0.25, 0.3) is 0 Å². The molecule has 2 aliphatic rings. The molecule has 0 saturated carbocycles. The Morgan fingerprint density at radius 3 is 2.09 bits per heavy atom. The van der Waals surface area contributed by atoms with Gasteiger partial charge in [0.1, 0.15) is 12.4 Å². The third kappa shape index (κ3) is 6.13. The minimum atomic E-state index is -3.68. The van der Waals surface area contributed by atoms with E-state index in [1.54, 1.807) is 12.1 Å². The van der Waals surface area contributed by atoms with E-state index in [9.17, 15) is 13.2 Å². The molecule has 8 nitrogen and oxygen atoms in total. The Balaban J connectivity index is 1.33. The molecule has 6 rings (SSSR count). The van der Waals surface area contributed by atoms with E-state index in [1.807, 2.05) is 67.8 Å². The fourth-order valence-electron chi connectivity index (χ4n) is 6.55. The minimum absolute atomic E-state index is 0.0506. The second-order valence-corrected chi connectivity index (χ2v) is 14.3. The predicted octanol–water partition coefficient (Wildman–Crippen LogP) is 7.01. The van der Waals surface area contributed by atoms with Crippen molar-refractivity contribution >= 4 is 38.9 Å². The summed E-state index contributed by atoms with van der Waals surface area (Å²) in [4.78, 5) is 16.0. The van der Waals surface area contributed by atoms with Gasteiger partial charge in [0, 0.05) is 66.1 Å². The van der Waals surface area contributed by atoms with E-state index in [2.05, 4.69) is 15.1 Å². The number of nitrogens with one attached hydrogen (secondary N) is 1. The number of alkyl carbamates (subject to hydrolysis) is 1. The van der Waals surface area contributed by atoms with Crippen LogP contribution in [0, 0.1) is 12.7 Å². The van der Waals surface area contributed by atoms with Gasteiger partial charge in [-0.1, -0.05) is 35.9 Å². The normalized spacial score (nSPS) is 17.1. The summed E-state index contributed by atoms with van der Waals surface area (Å²) in [5, 5.41) is 3.37. The van der Waals surface area contributed by atoms with Crippen LogP contribution in [-0.4, -0.2) is 58.1 Å². The van der Waals surface area contributed by atoms with Crippen molar-refractivity contribution in [2.24, 2.45) is 0 Å². The lowest BCUT2D eigenvalue weighted by Crippen LogP contribution is -2.46. The molecule has 2 saturated heterocycles. The van der Waals surface area contributed by atoms with Crippen LogP contribution in [0.4, 0.5) is 20.6 Å². The third-order valence-electron chi connectivity index (χ3n) is 8.55. The van der Waals surface area contributed by atoms with Crippen LogP contribution >= 0.6 is 11.6 Å². The number of hydrogen-bond acceptors (Lipinski definition) is 6. The highest BCUT2D eigenvalue weighted by atomic mass is 35.5. The smallest absolute Gasteiger partial charge is 0.407 e. The molecule has 1 amide bonds. The van der Waals surface area contributed by atoms with Gasteiger partial charge in [-0.2, -0.15) is 0 Å². The van der Waals surface area contributed by atoms with Gasteiger partial charge in [-0.05, 0) is 79.9 Å². The number of anilines is 2. The molecule has 4 aromatic rings. The van der Waals surface area contributed by atoms with Crippen LogP contribution < -0.4 is 15.1 Å². The highest BCUT2D eigenvalue weighted by molar-refractivity contribution is 7.91. The third-order valence-corrected chi connectivity index (χ3v) is 10.0. The zero-order valence-electron chi connectivity index (χ0n) is 25.7. The molecule has 2 aliphatic heterocycles. The van der Waals surface area contributed by atoms with Gasteiger partial charge in [0.2, 0.25) is 0 Å². The lowest BCUT2D eigenvalue weighted by Gasteiger charge is -2.37. The number of halogens is 2. The summed E-state index contributed by atoms with van der Waals surface area (Å²) in [7, 11) is -3.68. The number of sulfone groups is 1. The topological polar surface area (TPSA) is 83.9 Å². The molecule has 1 atom stereocenters. The fraction of sp³-hybridized carbons (Fsp3) is 0.324. The van der Waals surface area contributed by atoms with Crippen LogP contribution in [0.3, 0.4) is 0 Å². The van der Waals surface area contributed by atoms with Crippen LogP contribution in [0.15, 0.2) is 71.6 Å². The highest BCUT2D eigenvalue weighted by Gasteiger charge is 2.31. The number of ether oxygens (including phenoxy) is 1. The first-order valence-electron chi connectivity index (χ1n) is 15.0. The summed E-state index contributed by atoms with van der Waals surface area (Å²) in [6.07, 6.45) is 0.806. The molecule has 11 heteroatoms. The molecule has 0 aliphatic carbocycles. The van der Waals surface area contributed by atoms with Crippen molar-refractivity contribution in [1.82, 2.24) is 9.88 Å². The Bertz CT molecular complexity index is 1850. The van der Waals surface area contributed by atoms with Crippen molar-refractivity contribution in [3.05, 3.63) is 88.8 Å². The zero-order valence-corrected chi connectivity index (χ0v) is 27.3. The molecule has 45 heavy (non-hydrogen) atoms. The summed E-state index contributed by atoms with van der Waals surface area (Å²) in [5.74, 6) is -0.431. The van der Waals surface area contributed by atoms with Crippen molar-refractivity contribution in [2.45, 2.75) is 37.8 Å². The predicted molar refractivity (Wildman–Crippen MR) is 177 cm³/mol. The van der Waals surface area contributed by atoms with Crippen LogP contribution in [0.25, 0.3) is 22.4 Å².